The first-order valence-electron chi connectivity index (χ1n) is 11.5. The second-order valence-electron chi connectivity index (χ2n) is 8.49. The van der Waals surface area contributed by atoms with Crippen LogP contribution in [0.15, 0.2) is 71.4 Å². The molecular formula is C28H26ClN3O4. The molecule has 7 nitrogen and oxygen atoms in total. The van der Waals surface area contributed by atoms with Crippen LogP contribution in [0.3, 0.4) is 0 Å². The molecule has 3 aromatic rings. The zero-order chi connectivity index (χ0) is 26.0. The number of rotatable bonds is 7. The molecule has 0 spiro atoms. The molecule has 8 heteroatoms. The summed E-state index contributed by atoms with van der Waals surface area (Å²) < 4.78 is 5.41. The maximum absolute atomic E-state index is 13.0. The molecule has 4 rings (SSSR count). The second kappa shape index (κ2) is 10.3. The minimum absolute atomic E-state index is 0.0290. The number of benzene rings is 3. The Hall–Kier alpha value is -4.10. The van der Waals surface area contributed by atoms with Crippen LogP contribution in [0.25, 0.3) is 0 Å². The van der Waals surface area contributed by atoms with Crippen LogP contribution in [0.4, 0.5) is 17.1 Å². The maximum Gasteiger partial charge on any atom is 0.283 e. The fourth-order valence-corrected chi connectivity index (χ4v) is 4.33. The van der Waals surface area contributed by atoms with Gasteiger partial charge in [-0.3, -0.25) is 14.4 Å². The van der Waals surface area contributed by atoms with Gasteiger partial charge in [0.1, 0.15) is 16.5 Å². The van der Waals surface area contributed by atoms with E-state index in [2.05, 4.69) is 10.6 Å². The van der Waals surface area contributed by atoms with Crippen molar-refractivity contribution in [2.45, 2.75) is 27.7 Å². The highest BCUT2D eigenvalue weighted by Crippen LogP contribution is 2.31. The van der Waals surface area contributed by atoms with E-state index in [-0.39, 0.29) is 16.6 Å². The van der Waals surface area contributed by atoms with Gasteiger partial charge in [-0.2, -0.15) is 0 Å². The number of carbonyl (C=O) groups excluding carboxylic acids is 3. The number of hydrogen-bond acceptors (Lipinski definition) is 5. The molecule has 0 saturated heterocycles. The van der Waals surface area contributed by atoms with Crippen LogP contribution in [-0.4, -0.2) is 24.3 Å². The first kappa shape index (κ1) is 25.0. The molecule has 1 aliphatic rings. The number of halogens is 1. The Morgan fingerprint density at radius 2 is 1.53 bits per heavy atom. The highest BCUT2D eigenvalue weighted by Gasteiger charge is 2.39. The van der Waals surface area contributed by atoms with Crippen LogP contribution in [-0.2, 0) is 9.59 Å². The van der Waals surface area contributed by atoms with E-state index in [1.807, 2.05) is 39.8 Å². The molecule has 3 aromatic carbocycles. The molecule has 1 heterocycles. The van der Waals surface area contributed by atoms with Crippen molar-refractivity contribution in [2.24, 2.45) is 0 Å². The van der Waals surface area contributed by atoms with Gasteiger partial charge in [0.15, 0.2) is 0 Å². The first-order chi connectivity index (χ1) is 17.2. The smallest absolute Gasteiger partial charge is 0.283 e. The molecule has 0 bridgehead atoms. The van der Waals surface area contributed by atoms with Crippen molar-refractivity contribution in [1.29, 1.82) is 0 Å². The predicted molar refractivity (Wildman–Crippen MR) is 142 cm³/mol. The van der Waals surface area contributed by atoms with E-state index < -0.39 is 11.8 Å². The summed E-state index contributed by atoms with van der Waals surface area (Å²) in [7, 11) is 0. The lowest BCUT2D eigenvalue weighted by Crippen LogP contribution is -2.32. The zero-order valence-corrected chi connectivity index (χ0v) is 21.2. The predicted octanol–water partition coefficient (Wildman–Crippen LogP) is 5.70. The number of imide groups is 1. The third-order valence-corrected chi connectivity index (χ3v) is 6.12. The highest BCUT2D eigenvalue weighted by molar-refractivity contribution is 6.53. The molecule has 0 atom stereocenters. The molecular weight excluding hydrogens is 478 g/mol. The van der Waals surface area contributed by atoms with Crippen LogP contribution >= 0.6 is 11.6 Å². The summed E-state index contributed by atoms with van der Waals surface area (Å²) >= 11 is 6.23. The molecule has 0 fully saturated rings. The number of nitrogens with zero attached hydrogens (tertiary/aromatic N) is 1. The molecule has 184 valence electrons. The molecule has 0 unspecified atom stereocenters. The van der Waals surface area contributed by atoms with E-state index >= 15 is 0 Å². The first-order valence-corrected chi connectivity index (χ1v) is 11.8. The summed E-state index contributed by atoms with van der Waals surface area (Å²) in [4.78, 5) is 39.5. The van der Waals surface area contributed by atoms with Gasteiger partial charge in [-0.25, -0.2) is 4.90 Å². The Bertz CT molecular complexity index is 1360. The summed E-state index contributed by atoms with van der Waals surface area (Å²) in [5.41, 5.74) is 5.21. The average molecular weight is 504 g/mol. The van der Waals surface area contributed by atoms with Crippen molar-refractivity contribution in [3.63, 3.8) is 0 Å². The Morgan fingerprint density at radius 3 is 2.11 bits per heavy atom. The largest absolute Gasteiger partial charge is 0.494 e. The minimum Gasteiger partial charge on any atom is -0.494 e. The monoisotopic (exact) mass is 503 g/mol. The topological polar surface area (TPSA) is 87.7 Å². The van der Waals surface area contributed by atoms with Crippen LogP contribution in [0, 0.1) is 20.8 Å². The number of carbonyl (C=O) groups is 3. The van der Waals surface area contributed by atoms with Crippen molar-refractivity contribution < 1.29 is 19.1 Å². The third-order valence-electron chi connectivity index (χ3n) is 5.77. The number of nitrogens with one attached hydrogen (secondary N) is 2. The van der Waals surface area contributed by atoms with Crippen LogP contribution < -0.4 is 20.3 Å². The maximum atomic E-state index is 13.0. The Morgan fingerprint density at radius 1 is 0.917 bits per heavy atom. The Kier molecular flexibility index (Phi) is 7.12. The molecule has 3 amide bonds. The molecule has 0 radical (unpaired) electrons. The van der Waals surface area contributed by atoms with Crippen LogP contribution in [0.1, 0.15) is 34.0 Å². The number of hydrogen-bond donors (Lipinski definition) is 2. The normalized spacial score (nSPS) is 13.3. The van der Waals surface area contributed by atoms with Gasteiger partial charge in [0.2, 0.25) is 0 Å². The second-order valence-corrected chi connectivity index (χ2v) is 8.87. The van der Waals surface area contributed by atoms with Gasteiger partial charge in [-0.1, -0.05) is 29.3 Å². The standard InChI is InChI=1S/C28H26ClN3O4/c1-5-36-22-12-10-21(11-13-22)32-27(34)23(29)25(28(32)35)30-20-8-6-19(7-9-20)26(33)31-24-17(3)14-16(2)15-18(24)4/h6-15,30H,5H2,1-4H3,(H,31,33). The fraction of sp³-hybridized carbons (Fsp3) is 0.179. The number of amides is 3. The van der Waals surface area contributed by atoms with Crippen LogP contribution in [0.5, 0.6) is 5.75 Å². The number of ether oxygens (including phenoxy) is 1. The lowest BCUT2D eigenvalue weighted by atomic mass is 10.0. The summed E-state index contributed by atoms with van der Waals surface area (Å²) in [5.74, 6) is -0.799. The minimum atomic E-state index is -0.617. The molecule has 0 aromatic heterocycles. The zero-order valence-electron chi connectivity index (χ0n) is 20.4. The molecule has 36 heavy (non-hydrogen) atoms. The van der Waals surface area contributed by atoms with Crippen molar-refractivity contribution in [3.8, 4) is 5.75 Å². The number of anilines is 3. The van der Waals surface area contributed by atoms with E-state index in [1.54, 1.807) is 48.5 Å². The Balaban J connectivity index is 1.47. The van der Waals surface area contributed by atoms with Gasteiger partial charge in [0, 0.05) is 16.9 Å². The van der Waals surface area contributed by atoms with Gasteiger partial charge < -0.3 is 15.4 Å². The van der Waals surface area contributed by atoms with Gasteiger partial charge >= 0.3 is 0 Å². The van der Waals surface area contributed by atoms with E-state index in [4.69, 9.17) is 16.3 Å². The molecule has 0 aliphatic carbocycles. The lowest BCUT2D eigenvalue weighted by Gasteiger charge is -2.16. The van der Waals surface area contributed by atoms with Crippen molar-refractivity contribution in [3.05, 3.63) is 93.6 Å². The third kappa shape index (κ3) is 4.97. The van der Waals surface area contributed by atoms with Gasteiger partial charge in [0.25, 0.3) is 17.7 Å². The SMILES string of the molecule is CCOc1ccc(N2C(=O)C(Cl)=C(Nc3ccc(C(=O)Nc4c(C)cc(C)cc4C)cc3)C2=O)cc1. The van der Waals surface area contributed by atoms with Gasteiger partial charge in [-0.15, -0.1) is 0 Å². The van der Waals surface area contributed by atoms with E-state index in [1.165, 1.54) is 0 Å². The van der Waals surface area contributed by atoms with Crippen LogP contribution in [0.2, 0.25) is 0 Å². The summed E-state index contributed by atoms with van der Waals surface area (Å²) in [6.07, 6.45) is 0. The van der Waals surface area contributed by atoms with Gasteiger partial charge in [0.05, 0.1) is 12.3 Å². The number of aryl methyl sites for hydroxylation is 3. The van der Waals surface area contributed by atoms with Crippen molar-refractivity contribution >= 4 is 46.4 Å². The fourth-order valence-electron chi connectivity index (χ4n) is 4.12. The van der Waals surface area contributed by atoms with Gasteiger partial charge in [-0.05, 0) is 87.4 Å². The summed E-state index contributed by atoms with van der Waals surface area (Å²) in [5, 5.41) is 5.68. The van der Waals surface area contributed by atoms with E-state index in [0.717, 1.165) is 27.3 Å². The van der Waals surface area contributed by atoms with E-state index in [9.17, 15) is 14.4 Å². The molecule has 2 N–H and O–H groups in total. The quantitative estimate of drug-likeness (QED) is 0.404. The van der Waals surface area contributed by atoms with Crippen molar-refractivity contribution in [1.82, 2.24) is 0 Å². The molecule has 1 aliphatic heterocycles. The Labute approximate surface area is 214 Å². The summed E-state index contributed by atoms with van der Waals surface area (Å²) in [6, 6.07) is 17.2. The van der Waals surface area contributed by atoms with Crippen molar-refractivity contribution in [2.75, 3.05) is 22.1 Å². The van der Waals surface area contributed by atoms with E-state index in [0.29, 0.717) is 29.3 Å². The average Bonchev–Trinajstić information content (AvgIpc) is 3.05. The summed E-state index contributed by atoms with van der Waals surface area (Å²) in [6.45, 7) is 8.30. The lowest BCUT2D eigenvalue weighted by molar-refractivity contribution is -0.120. The molecule has 0 saturated carbocycles. The highest BCUT2D eigenvalue weighted by atomic mass is 35.5.